The van der Waals surface area contributed by atoms with Gasteiger partial charge in [-0.25, -0.2) is 8.42 Å². The number of nitrogens with zero attached hydrogens (tertiary/aromatic N) is 5. The lowest BCUT2D eigenvalue weighted by Crippen LogP contribution is -2.51. The molecule has 0 unspecified atom stereocenters. The number of sulfonamides is 1. The molecule has 1 saturated heterocycles. The second-order valence-electron chi connectivity index (χ2n) is 5.67. The molecular formula is C15H13N5O3S. The van der Waals surface area contributed by atoms with Crippen LogP contribution in [0.25, 0.3) is 11.0 Å². The van der Waals surface area contributed by atoms with E-state index in [1.165, 1.54) is 10.5 Å². The Hall–Kier alpha value is -2.70. The highest BCUT2D eigenvalue weighted by molar-refractivity contribution is 7.88. The van der Waals surface area contributed by atoms with Crippen LogP contribution >= 0.6 is 0 Å². The van der Waals surface area contributed by atoms with Crippen LogP contribution in [0.5, 0.6) is 0 Å². The molecule has 1 aromatic carbocycles. The highest BCUT2D eigenvalue weighted by Gasteiger charge is 2.38. The fourth-order valence-electron chi connectivity index (χ4n) is 2.71. The molecule has 1 fully saturated rings. The molecule has 4 rings (SSSR count). The summed E-state index contributed by atoms with van der Waals surface area (Å²) in [6.07, 6.45) is 3.10. The van der Waals surface area contributed by atoms with Crippen molar-refractivity contribution in [3.63, 3.8) is 0 Å². The van der Waals surface area contributed by atoms with Crippen LogP contribution in [0.2, 0.25) is 0 Å². The predicted molar refractivity (Wildman–Crippen MR) is 84.2 cm³/mol. The highest BCUT2D eigenvalue weighted by atomic mass is 32.2. The van der Waals surface area contributed by atoms with Gasteiger partial charge in [-0.05, 0) is 12.1 Å². The Morgan fingerprint density at radius 2 is 2.12 bits per heavy atom. The lowest BCUT2D eigenvalue weighted by atomic mass is 10.2. The molecule has 9 heteroatoms. The molecule has 0 radical (unpaired) electrons. The van der Waals surface area contributed by atoms with E-state index in [1.807, 2.05) is 18.2 Å². The first-order valence-corrected chi connectivity index (χ1v) is 8.93. The van der Waals surface area contributed by atoms with Crippen LogP contribution in [0.4, 0.5) is 0 Å². The van der Waals surface area contributed by atoms with Crippen molar-refractivity contribution in [2.24, 2.45) is 0 Å². The molecule has 0 N–H and O–H groups in total. The third-order valence-corrected chi connectivity index (χ3v) is 5.82. The van der Waals surface area contributed by atoms with E-state index >= 15 is 0 Å². The quantitative estimate of drug-likeness (QED) is 0.707. The molecule has 0 saturated carbocycles. The molecule has 3 aromatic rings. The first kappa shape index (κ1) is 14.9. The summed E-state index contributed by atoms with van der Waals surface area (Å²) in [4.78, 5) is 0. The van der Waals surface area contributed by atoms with Gasteiger partial charge in [0.1, 0.15) is 17.5 Å². The van der Waals surface area contributed by atoms with E-state index in [0.717, 1.165) is 0 Å². The molecule has 3 heterocycles. The number of fused-ring (bicyclic) bond motifs is 1. The first-order valence-electron chi connectivity index (χ1n) is 7.32. The van der Waals surface area contributed by atoms with Gasteiger partial charge in [0, 0.05) is 24.7 Å². The number of hydrogen-bond donors (Lipinski definition) is 0. The van der Waals surface area contributed by atoms with E-state index in [0.29, 0.717) is 35.3 Å². The molecule has 0 spiro atoms. The van der Waals surface area contributed by atoms with Crippen LogP contribution in [-0.2, 0) is 15.8 Å². The van der Waals surface area contributed by atoms with Gasteiger partial charge >= 0.3 is 0 Å². The molecule has 0 aliphatic carbocycles. The average Bonchev–Trinajstić information content (AvgIpc) is 3.13. The van der Waals surface area contributed by atoms with Crippen molar-refractivity contribution in [2.45, 2.75) is 11.8 Å². The minimum atomic E-state index is -3.47. The van der Waals surface area contributed by atoms with E-state index in [4.69, 9.17) is 9.78 Å². The Labute approximate surface area is 137 Å². The first-order chi connectivity index (χ1) is 11.6. The van der Waals surface area contributed by atoms with Crippen LogP contribution in [0, 0.1) is 11.3 Å². The highest BCUT2D eigenvalue weighted by Crippen LogP contribution is 2.27. The van der Waals surface area contributed by atoms with Crippen molar-refractivity contribution in [2.75, 3.05) is 13.1 Å². The average molecular weight is 343 g/mol. The van der Waals surface area contributed by atoms with Gasteiger partial charge in [0.2, 0.25) is 10.0 Å². The molecule has 24 heavy (non-hydrogen) atoms. The summed E-state index contributed by atoms with van der Waals surface area (Å²) in [6.45, 7) is 0.676. The Morgan fingerprint density at radius 1 is 1.33 bits per heavy atom. The Kier molecular flexibility index (Phi) is 3.37. The van der Waals surface area contributed by atoms with Gasteiger partial charge in [-0.1, -0.05) is 17.3 Å². The van der Waals surface area contributed by atoms with Gasteiger partial charge < -0.3 is 4.52 Å². The van der Waals surface area contributed by atoms with Crippen LogP contribution in [0.1, 0.15) is 17.3 Å². The second-order valence-corrected chi connectivity index (χ2v) is 7.64. The van der Waals surface area contributed by atoms with Crippen LogP contribution < -0.4 is 0 Å². The summed E-state index contributed by atoms with van der Waals surface area (Å²) >= 11 is 0. The zero-order valence-corrected chi connectivity index (χ0v) is 13.3. The molecule has 0 amide bonds. The van der Waals surface area contributed by atoms with Crippen molar-refractivity contribution < 1.29 is 12.9 Å². The van der Waals surface area contributed by atoms with Crippen LogP contribution in [-0.4, -0.2) is 40.7 Å². The molecule has 1 aliphatic heterocycles. The van der Waals surface area contributed by atoms with Gasteiger partial charge in [-0.15, -0.1) is 0 Å². The summed E-state index contributed by atoms with van der Waals surface area (Å²) in [5.74, 6) is -0.195. The second kappa shape index (κ2) is 5.43. The summed E-state index contributed by atoms with van der Waals surface area (Å²) < 4.78 is 33.2. The van der Waals surface area contributed by atoms with Crippen molar-refractivity contribution in [1.82, 2.24) is 19.2 Å². The molecule has 1 aliphatic rings. The van der Waals surface area contributed by atoms with Crippen molar-refractivity contribution in [3.05, 3.63) is 47.9 Å². The maximum atomic E-state index is 12.5. The Bertz CT molecular complexity index is 1040. The molecule has 2 aromatic heterocycles. The maximum absolute atomic E-state index is 12.5. The van der Waals surface area contributed by atoms with E-state index < -0.39 is 10.0 Å². The maximum Gasteiger partial charge on any atom is 0.220 e. The molecule has 0 atom stereocenters. The molecule has 8 nitrogen and oxygen atoms in total. The van der Waals surface area contributed by atoms with E-state index in [-0.39, 0.29) is 11.8 Å². The number of hydrogen-bond acceptors (Lipinski definition) is 6. The largest absolute Gasteiger partial charge is 0.356 e. The standard InChI is InChI=1S/C15H13N5O3S/c16-5-11-6-17-20(7-11)12-8-19(9-12)24(21,22)10-14-13-3-1-2-4-15(13)23-18-14/h1-4,6-7,12H,8-10H2. The summed E-state index contributed by atoms with van der Waals surface area (Å²) in [5.41, 5.74) is 1.45. The van der Waals surface area contributed by atoms with E-state index in [1.54, 1.807) is 23.0 Å². The molecule has 122 valence electrons. The Balaban J connectivity index is 1.48. The number of nitriles is 1. The normalized spacial score (nSPS) is 16.1. The number of benzene rings is 1. The van der Waals surface area contributed by atoms with E-state index in [9.17, 15) is 8.42 Å². The predicted octanol–water partition coefficient (Wildman–Crippen LogP) is 1.28. The van der Waals surface area contributed by atoms with Crippen molar-refractivity contribution >= 4 is 21.0 Å². The number of para-hydroxylation sites is 1. The lowest BCUT2D eigenvalue weighted by molar-refractivity contribution is 0.191. The minimum absolute atomic E-state index is 0.0454. The third kappa shape index (κ3) is 2.46. The SMILES string of the molecule is N#Cc1cnn(C2CN(S(=O)(=O)Cc3noc4ccccc34)C2)c1. The number of aromatic nitrogens is 3. The lowest BCUT2D eigenvalue weighted by Gasteiger charge is -2.37. The fourth-order valence-corrected chi connectivity index (χ4v) is 4.25. The topological polar surface area (TPSA) is 105 Å². The smallest absolute Gasteiger partial charge is 0.220 e. The van der Waals surface area contributed by atoms with Crippen molar-refractivity contribution in [3.8, 4) is 6.07 Å². The van der Waals surface area contributed by atoms with Gasteiger partial charge in [-0.3, -0.25) is 4.68 Å². The van der Waals surface area contributed by atoms with Crippen molar-refractivity contribution in [1.29, 1.82) is 5.26 Å². The fraction of sp³-hybridized carbons (Fsp3) is 0.267. The van der Waals surface area contributed by atoms with E-state index in [2.05, 4.69) is 10.3 Å². The minimum Gasteiger partial charge on any atom is -0.356 e. The van der Waals surface area contributed by atoms with Crippen LogP contribution in [0.15, 0.2) is 41.2 Å². The van der Waals surface area contributed by atoms with Gasteiger partial charge in [0.05, 0.1) is 17.8 Å². The Morgan fingerprint density at radius 3 is 2.88 bits per heavy atom. The van der Waals surface area contributed by atoms with Crippen LogP contribution in [0.3, 0.4) is 0 Å². The molecule has 0 bridgehead atoms. The zero-order valence-electron chi connectivity index (χ0n) is 12.5. The third-order valence-electron chi connectivity index (χ3n) is 4.10. The summed E-state index contributed by atoms with van der Waals surface area (Å²) in [5, 5.41) is 17.5. The zero-order chi connectivity index (χ0) is 16.7. The summed E-state index contributed by atoms with van der Waals surface area (Å²) in [7, 11) is -3.47. The molecular weight excluding hydrogens is 330 g/mol. The van der Waals surface area contributed by atoms with Gasteiger partial charge in [0.15, 0.2) is 5.58 Å². The number of rotatable bonds is 4. The summed E-state index contributed by atoms with van der Waals surface area (Å²) in [6, 6.07) is 9.14. The monoisotopic (exact) mass is 343 g/mol. The van der Waals surface area contributed by atoms with Gasteiger partial charge in [0.25, 0.3) is 0 Å². The van der Waals surface area contributed by atoms with Gasteiger partial charge in [-0.2, -0.15) is 14.7 Å².